The molecule has 2 aliphatic rings. The fraction of sp³-hybridized carbons (Fsp3) is 0.250. The summed E-state index contributed by atoms with van der Waals surface area (Å²) in [6.07, 6.45) is 0. The van der Waals surface area contributed by atoms with E-state index in [4.69, 9.17) is 15.1 Å². The van der Waals surface area contributed by atoms with Crippen LogP contribution in [-0.2, 0) is 21.1 Å². The van der Waals surface area contributed by atoms with Crippen molar-refractivity contribution in [1.82, 2.24) is 21.9 Å². The van der Waals surface area contributed by atoms with Gasteiger partial charge in [0.05, 0.1) is 20.8 Å². The van der Waals surface area contributed by atoms with Gasteiger partial charge in [0.1, 0.15) is 14.1 Å². The van der Waals surface area contributed by atoms with Gasteiger partial charge in [0, 0.05) is 31.9 Å². The van der Waals surface area contributed by atoms with E-state index in [2.05, 4.69) is 74.1 Å². The number of anilines is 1. The molecule has 13 heteroatoms. The van der Waals surface area contributed by atoms with Gasteiger partial charge in [0.15, 0.2) is 5.34 Å². The van der Waals surface area contributed by atoms with Crippen LogP contribution < -0.4 is 64.4 Å². The van der Waals surface area contributed by atoms with Crippen LogP contribution in [0.5, 0.6) is 0 Å². The summed E-state index contributed by atoms with van der Waals surface area (Å²) in [6, 6.07) is 12.8. The molecule has 1 aliphatic carbocycles. The smallest absolute Gasteiger partial charge is 1.00 e. The molecule has 29 heavy (non-hydrogen) atoms. The predicted octanol–water partition coefficient (Wildman–Crippen LogP) is -6.03. The van der Waals surface area contributed by atoms with E-state index in [0.29, 0.717) is 0 Å². The van der Waals surface area contributed by atoms with Crippen LogP contribution in [-0.4, -0.2) is 38.4 Å². The van der Waals surface area contributed by atoms with Gasteiger partial charge in [-0.15, -0.1) is 16.2 Å². The molecule has 1 aliphatic heterocycles. The summed E-state index contributed by atoms with van der Waals surface area (Å²) in [4.78, 5) is 16.2. The average Bonchev–Trinajstić information content (AvgIpc) is 2.52. The van der Waals surface area contributed by atoms with E-state index in [-0.39, 0.29) is 70.6 Å². The monoisotopic (exact) mass is 665 g/mol. The maximum Gasteiger partial charge on any atom is 4.00 e. The molecule has 1 aromatic rings. The van der Waals surface area contributed by atoms with Crippen LogP contribution >= 0.6 is 11.3 Å². The number of benzene rings is 2. The van der Waals surface area contributed by atoms with Crippen LogP contribution in [0.1, 0.15) is 0 Å². The van der Waals surface area contributed by atoms with Crippen molar-refractivity contribution in [2.24, 2.45) is 5.34 Å². The SMILES string of the molecule is CN(C)c1ccc2nc3ccc(=[N+](C)C)cc-3sc2c1.N.N.O=NO.[Cl-].[Cl-].[Cl-].[Pt+4]. The minimum Gasteiger partial charge on any atom is -1.00 e. The first-order chi connectivity index (χ1) is 11.0. The van der Waals surface area contributed by atoms with Gasteiger partial charge in [-0.1, -0.05) is 0 Å². The Bertz CT molecular complexity index is 894. The Balaban J connectivity index is -0.000000202. The van der Waals surface area contributed by atoms with Gasteiger partial charge in [-0.2, -0.15) is 0 Å². The maximum absolute atomic E-state index is 8.11. The molecule has 8 nitrogen and oxygen atoms in total. The first-order valence-corrected chi connectivity index (χ1v) is 7.77. The van der Waals surface area contributed by atoms with Crippen molar-refractivity contribution in [3.63, 3.8) is 0 Å². The van der Waals surface area contributed by atoms with E-state index in [1.807, 2.05) is 0 Å². The molecule has 166 valence electrons. The van der Waals surface area contributed by atoms with E-state index in [1.165, 1.54) is 26.0 Å². The van der Waals surface area contributed by atoms with E-state index >= 15 is 0 Å². The molecule has 0 amide bonds. The minimum atomic E-state index is 0. The van der Waals surface area contributed by atoms with Crippen LogP contribution in [0.2, 0.25) is 0 Å². The molecule has 0 saturated carbocycles. The van der Waals surface area contributed by atoms with Gasteiger partial charge in [0.2, 0.25) is 5.36 Å². The van der Waals surface area contributed by atoms with Gasteiger partial charge in [-0.05, 0) is 24.3 Å². The van der Waals surface area contributed by atoms with Gasteiger partial charge in [0.25, 0.3) is 0 Å². The number of rotatable bonds is 1. The predicted molar refractivity (Wildman–Crippen MR) is 105 cm³/mol. The van der Waals surface area contributed by atoms with E-state index in [9.17, 15) is 0 Å². The summed E-state index contributed by atoms with van der Waals surface area (Å²) in [7, 11) is 8.24. The zero-order chi connectivity index (χ0) is 17.0. The van der Waals surface area contributed by atoms with Crippen molar-refractivity contribution in [2.45, 2.75) is 0 Å². The largest absolute Gasteiger partial charge is 4.00 e. The van der Waals surface area contributed by atoms with Crippen LogP contribution in [0.4, 0.5) is 5.69 Å². The standard InChI is InChI=1S/C16H18N3S.3ClH.HNO2.2H3N.Pt/c1-18(2)11-5-7-13-15(9-11)20-16-10-12(19(3)4)6-8-14(16)17-13;;;;2-1-3;;;/h5-10H,1-4H3;3*1H;(H,2,3);2*1H3;/q+1;;;;;;;+4/p-3. The fourth-order valence-corrected chi connectivity index (χ4v) is 3.19. The molecule has 0 unspecified atom stereocenters. The Kier molecular flexibility index (Phi) is 23.6. The number of aromatic nitrogens is 1. The molecule has 1 heterocycles. The Morgan fingerprint density at radius 3 is 2.07 bits per heavy atom. The van der Waals surface area contributed by atoms with Crippen molar-refractivity contribution < 1.29 is 63.5 Å². The van der Waals surface area contributed by atoms with Crippen molar-refractivity contribution in [3.05, 3.63) is 46.7 Å². The van der Waals surface area contributed by atoms with Crippen molar-refractivity contribution in [1.29, 1.82) is 0 Å². The molecule has 7 N–H and O–H groups in total. The second-order valence-electron chi connectivity index (χ2n) is 5.39. The molecule has 0 radical (unpaired) electrons. The number of hydrogen-bond donors (Lipinski definition) is 3. The van der Waals surface area contributed by atoms with Crippen LogP contribution in [0.15, 0.2) is 41.7 Å². The second kappa shape index (κ2) is 17.8. The molecule has 3 rings (SSSR count). The molecule has 0 spiro atoms. The third-order valence-corrected chi connectivity index (χ3v) is 4.47. The first kappa shape index (κ1) is 38.5. The molecule has 1 aromatic carbocycles. The van der Waals surface area contributed by atoms with E-state index < -0.39 is 0 Å². The molecule has 0 bridgehead atoms. The number of fused-ring (bicyclic) bond motifs is 2. The number of nitrogens with zero attached hydrogens (tertiary/aromatic N) is 4. The van der Waals surface area contributed by atoms with Gasteiger partial charge in [-0.3, -0.25) is 0 Å². The normalized spacial score (nSPS) is 8.00. The minimum absolute atomic E-state index is 0. The van der Waals surface area contributed by atoms with Crippen molar-refractivity contribution >= 4 is 27.2 Å². The fourth-order valence-electron chi connectivity index (χ4n) is 2.16. The third-order valence-electron chi connectivity index (χ3n) is 3.38. The molecule has 0 aromatic heterocycles. The van der Waals surface area contributed by atoms with Gasteiger partial charge < -0.3 is 59.6 Å². The topological polar surface area (TPSA) is 139 Å². The zero-order valence-electron chi connectivity index (χ0n) is 16.4. The van der Waals surface area contributed by atoms with Crippen LogP contribution in [0.25, 0.3) is 20.8 Å². The van der Waals surface area contributed by atoms with Gasteiger partial charge >= 0.3 is 21.1 Å². The maximum atomic E-state index is 8.11. The van der Waals surface area contributed by atoms with Crippen LogP contribution in [0, 0.1) is 4.91 Å². The molecular formula is C16H25Cl3N6O2PtS+2. The molecule has 0 saturated heterocycles. The average molecular weight is 667 g/mol. The molecular weight excluding hydrogens is 642 g/mol. The molecule has 0 atom stereocenters. The van der Waals surface area contributed by atoms with Crippen LogP contribution in [0.3, 0.4) is 0 Å². The summed E-state index contributed by atoms with van der Waals surface area (Å²) < 4.78 is 3.34. The second-order valence-corrected chi connectivity index (χ2v) is 6.47. The Hall–Kier alpha value is -1.06. The summed E-state index contributed by atoms with van der Waals surface area (Å²) in [5, 5.41) is 9.10. The summed E-state index contributed by atoms with van der Waals surface area (Å²) in [5.74, 6) is 0. The Labute approximate surface area is 207 Å². The van der Waals surface area contributed by atoms with E-state index in [0.717, 1.165) is 11.2 Å². The zero-order valence-corrected chi connectivity index (χ0v) is 21.7. The molecule has 0 fully saturated rings. The van der Waals surface area contributed by atoms with Gasteiger partial charge in [-0.25, -0.2) is 9.56 Å². The number of halogens is 3. The van der Waals surface area contributed by atoms with Crippen molar-refractivity contribution in [2.75, 3.05) is 33.1 Å². The summed E-state index contributed by atoms with van der Waals surface area (Å²) >= 11 is 1.80. The van der Waals surface area contributed by atoms with E-state index in [1.54, 1.807) is 11.3 Å². The summed E-state index contributed by atoms with van der Waals surface area (Å²) in [5.41, 5.74) is 3.33. The quantitative estimate of drug-likeness (QED) is 0.102. The first-order valence-electron chi connectivity index (χ1n) is 6.95. The summed E-state index contributed by atoms with van der Waals surface area (Å²) in [6.45, 7) is 0. The van der Waals surface area contributed by atoms with Crippen molar-refractivity contribution in [3.8, 4) is 10.6 Å². The Morgan fingerprint density at radius 2 is 1.59 bits per heavy atom. The third kappa shape index (κ3) is 10.00. The number of hydrogen-bond acceptors (Lipinski definition) is 7. The Morgan fingerprint density at radius 1 is 1.03 bits per heavy atom.